The number of benzene rings is 10. The summed E-state index contributed by atoms with van der Waals surface area (Å²) in [5.74, 6) is 1.73. The third-order valence-electron chi connectivity index (χ3n) is 13.5. The third-order valence-corrected chi connectivity index (χ3v) is 13.5. The van der Waals surface area contributed by atoms with Crippen LogP contribution < -0.4 is 9.64 Å². The van der Waals surface area contributed by atoms with Crippen molar-refractivity contribution in [1.82, 2.24) is 0 Å². The number of ether oxygens (including phenoxy) is 1. The molecule has 0 atom stereocenters. The lowest BCUT2D eigenvalue weighted by Crippen LogP contribution is -2.16. The summed E-state index contributed by atoms with van der Waals surface area (Å²) in [6.07, 6.45) is 0. The number of hydrogen-bond donors (Lipinski definition) is 0. The second-order valence-corrected chi connectivity index (χ2v) is 17.7. The van der Waals surface area contributed by atoms with Crippen molar-refractivity contribution in [2.75, 3.05) is 4.90 Å². The summed E-state index contributed by atoms with van der Waals surface area (Å²) in [5, 5.41) is 0. The van der Waals surface area contributed by atoms with Gasteiger partial charge in [-0.3, -0.25) is 0 Å². The molecule has 0 saturated heterocycles. The first-order chi connectivity index (χ1) is 32.0. The van der Waals surface area contributed by atoms with Crippen LogP contribution >= 0.6 is 0 Å². The Bertz CT molecular complexity index is 3390. The molecule has 0 N–H and O–H groups in total. The van der Waals surface area contributed by atoms with Gasteiger partial charge in [0.15, 0.2) is 0 Å². The van der Waals surface area contributed by atoms with E-state index in [1.54, 1.807) is 0 Å². The van der Waals surface area contributed by atoms with Crippen LogP contribution in [0.3, 0.4) is 0 Å². The fourth-order valence-electron chi connectivity index (χ4n) is 10.1. The topological polar surface area (TPSA) is 12.5 Å². The molecule has 0 aromatic heterocycles. The predicted octanol–water partition coefficient (Wildman–Crippen LogP) is 17.6. The van der Waals surface area contributed by atoms with Gasteiger partial charge in [-0.1, -0.05) is 190 Å². The molecule has 2 heteroatoms. The van der Waals surface area contributed by atoms with Gasteiger partial charge in [-0.05, 0) is 139 Å². The van der Waals surface area contributed by atoms with Crippen molar-refractivity contribution in [3.05, 3.63) is 248 Å². The van der Waals surface area contributed by atoms with Crippen LogP contribution in [-0.2, 0) is 5.41 Å². The van der Waals surface area contributed by atoms with Crippen LogP contribution in [0.15, 0.2) is 237 Å². The minimum absolute atomic E-state index is 0.101. The standard InChI is InChI=1S/C63H45NO/c1-63(2)59-20-12-11-19-55(59)56-37-35-52(41-60(56)63)64(50-31-25-45(26-32-50)42-13-5-3-6-14-42)51-33-27-46(28-34-51)44-21-23-47(24-22-44)48-30-38-61-58(39-48)54-18-10-9-17-53(54)57-36-29-49(40-62(57)65-61)43-15-7-4-8-16-43/h3-41H,1-2H3. The Kier molecular flexibility index (Phi) is 9.21. The van der Waals surface area contributed by atoms with Crippen molar-refractivity contribution in [1.29, 1.82) is 0 Å². The average Bonchev–Trinajstić information content (AvgIpc) is 3.50. The van der Waals surface area contributed by atoms with Gasteiger partial charge >= 0.3 is 0 Å². The largest absolute Gasteiger partial charge is 0.456 e. The summed E-state index contributed by atoms with van der Waals surface area (Å²) in [7, 11) is 0. The first-order valence-corrected chi connectivity index (χ1v) is 22.5. The first kappa shape index (κ1) is 38.5. The monoisotopic (exact) mass is 831 g/mol. The highest BCUT2D eigenvalue weighted by molar-refractivity contribution is 5.93. The quantitative estimate of drug-likeness (QED) is 0.159. The summed E-state index contributed by atoms with van der Waals surface area (Å²) < 4.78 is 6.76. The van der Waals surface area contributed by atoms with Crippen LogP contribution in [0, 0.1) is 0 Å². The lowest BCUT2D eigenvalue weighted by Gasteiger charge is -2.28. The van der Waals surface area contributed by atoms with Crippen molar-refractivity contribution in [3.63, 3.8) is 0 Å². The molecular formula is C63H45NO. The molecule has 1 aliphatic heterocycles. The van der Waals surface area contributed by atoms with Crippen LogP contribution in [0.1, 0.15) is 25.0 Å². The van der Waals surface area contributed by atoms with E-state index < -0.39 is 0 Å². The highest BCUT2D eigenvalue weighted by atomic mass is 16.5. The molecule has 0 saturated carbocycles. The zero-order valence-electron chi connectivity index (χ0n) is 36.4. The van der Waals surface area contributed by atoms with Gasteiger partial charge in [0, 0.05) is 33.6 Å². The summed E-state index contributed by atoms with van der Waals surface area (Å²) in [5.41, 5.74) is 22.5. The van der Waals surface area contributed by atoms with Gasteiger partial charge in [0.2, 0.25) is 0 Å². The predicted molar refractivity (Wildman–Crippen MR) is 271 cm³/mol. The highest BCUT2D eigenvalue weighted by Gasteiger charge is 2.35. The molecule has 0 fully saturated rings. The minimum Gasteiger partial charge on any atom is -0.456 e. The Balaban J connectivity index is 0.859. The molecule has 65 heavy (non-hydrogen) atoms. The molecule has 0 amide bonds. The van der Waals surface area contributed by atoms with Crippen molar-refractivity contribution in [2.24, 2.45) is 0 Å². The van der Waals surface area contributed by atoms with Gasteiger partial charge in [0.25, 0.3) is 0 Å². The van der Waals surface area contributed by atoms with Gasteiger partial charge in [0.05, 0.1) is 0 Å². The number of rotatable bonds is 7. The Labute approximate surface area is 381 Å². The van der Waals surface area contributed by atoms with Crippen molar-refractivity contribution in [3.8, 4) is 89.4 Å². The van der Waals surface area contributed by atoms with E-state index in [-0.39, 0.29) is 5.41 Å². The third kappa shape index (κ3) is 6.74. The first-order valence-electron chi connectivity index (χ1n) is 22.5. The van der Waals surface area contributed by atoms with E-state index in [9.17, 15) is 0 Å². The second-order valence-electron chi connectivity index (χ2n) is 17.7. The Morgan fingerprint density at radius 1 is 0.277 bits per heavy atom. The van der Waals surface area contributed by atoms with Crippen LogP contribution in [0.25, 0.3) is 77.9 Å². The molecule has 0 spiro atoms. The van der Waals surface area contributed by atoms with Crippen LogP contribution in [-0.4, -0.2) is 0 Å². The number of fused-ring (bicyclic) bond motifs is 8. The maximum atomic E-state index is 6.76. The number of hydrogen-bond acceptors (Lipinski definition) is 2. The Morgan fingerprint density at radius 2 is 0.692 bits per heavy atom. The van der Waals surface area contributed by atoms with E-state index in [1.165, 1.54) is 61.2 Å². The van der Waals surface area contributed by atoms with E-state index in [2.05, 4.69) is 255 Å². The molecule has 308 valence electrons. The summed E-state index contributed by atoms with van der Waals surface area (Å²) in [4.78, 5) is 2.39. The van der Waals surface area contributed by atoms with Crippen molar-refractivity contribution < 1.29 is 4.74 Å². The normalized spacial score (nSPS) is 12.7. The van der Waals surface area contributed by atoms with E-state index in [1.807, 2.05) is 0 Å². The lowest BCUT2D eigenvalue weighted by molar-refractivity contribution is 0.488. The number of nitrogens with zero attached hydrogens (tertiary/aromatic N) is 1. The molecule has 10 aromatic carbocycles. The van der Waals surface area contributed by atoms with Crippen LogP contribution in [0.4, 0.5) is 17.1 Å². The smallest absolute Gasteiger partial charge is 0.135 e. The van der Waals surface area contributed by atoms with E-state index in [0.717, 1.165) is 56.4 Å². The molecule has 0 bridgehead atoms. The van der Waals surface area contributed by atoms with Gasteiger partial charge in [-0.15, -0.1) is 0 Å². The van der Waals surface area contributed by atoms with E-state index in [0.29, 0.717) is 0 Å². The number of anilines is 3. The SMILES string of the molecule is CC1(C)c2ccccc2-c2ccc(N(c3ccc(-c4ccccc4)cc3)c3ccc(-c4ccc(-c5ccc6c(c5)-c5ccccc5-c5ccc(-c7ccccc7)cc5O6)cc4)cc3)cc21. The molecule has 2 nitrogen and oxygen atoms in total. The molecule has 12 rings (SSSR count). The maximum Gasteiger partial charge on any atom is 0.135 e. The summed E-state index contributed by atoms with van der Waals surface area (Å²) in [6, 6.07) is 85.6. The van der Waals surface area contributed by atoms with Crippen molar-refractivity contribution >= 4 is 17.1 Å². The fraction of sp³-hybridized carbons (Fsp3) is 0.0476. The second kappa shape index (κ2) is 15.6. The molecule has 2 aliphatic rings. The minimum atomic E-state index is -0.101. The van der Waals surface area contributed by atoms with E-state index >= 15 is 0 Å². The Hall–Kier alpha value is -8.20. The Morgan fingerprint density at radius 3 is 1.32 bits per heavy atom. The van der Waals surface area contributed by atoms with Crippen LogP contribution in [0.2, 0.25) is 0 Å². The van der Waals surface area contributed by atoms with Gasteiger partial charge < -0.3 is 9.64 Å². The lowest BCUT2D eigenvalue weighted by atomic mass is 9.82. The van der Waals surface area contributed by atoms with Gasteiger partial charge in [0.1, 0.15) is 11.5 Å². The molecule has 1 aliphatic carbocycles. The average molecular weight is 832 g/mol. The van der Waals surface area contributed by atoms with Gasteiger partial charge in [-0.25, -0.2) is 0 Å². The van der Waals surface area contributed by atoms with E-state index in [4.69, 9.17) is 4.74 Å². The molecule has 10 aromatic rings. The van der Waals surface area contributed by atoms with Gasteiger partial charge in [-0.2, -0.15) is 0 Å². The molecular weight excluding hydrogens is 787 g/mol. The zero-order valence-corrected chi connectivity index (χ0v) is 36.4. The summed E-state index contributed by atoms with van der Waals surface area (Å²) in [6.45, 7) is 4.70. The summed E-state index contributed by atoms with van der Waals surface area (Å²) >= 11 is 0. The maximum absolute atomic E-state index is 6.76. The van der Waals surface area contributed by atoms with Crippen molar-refractivity contribution in [2.45, 2.75) is 19.3 Å². The fourth-order valence-corrected chi connectivity index (χ4v) is 10.1. The molecule has 1 heterocycles. The highest BCUT2D eigenvalue weighted by Crippen LogP contribution is 2.52. The molecule has 0 radical (unpaired) electrons. The molecule has 0 unspecified atom stereocenters. The zero-order chi connectivity index (χ0) is 43.5. The van der Waals surface area contributed by atoms with Crippen LogP contribution in [0.5, 0.6) is 11.5 Å².